The van der Waals surface area contributed by atoms with Crippen LogP contribution in [0.5, 0.6) is 17.4 Å². The van der Waals surface area contributed by atoms with Crippen LogP contribution < -0.4 is 14.8 Å². The molecule has 3 aromatic rings. The summed E-state index contributed by atoms with van der Waals surface area (Å²) in [5.41, 5.74) is 1.03. The Kier molecular flexibility index (Phi) is 7.03. The van der Waals surface area contributed by atoms with Crippen LogP contribution in [0.25, 0.3) is 0 Å². The first kappa shape index (κ1) is 21.3. The molecule has 0 spiro atoms. The number of hydrogen-bond donors (Lipinski definition) is 1. The van der Waals surface area contributed by atoms with Crippen molar-refractivity contribution in [2.45, 2.75) is 26.7 Å². The molecule has 0 amide bonds. The van der Waals surface area contributed by atoms with Gasteiger partial charge in [-0.1, -0.05) is 24.9 Å². The van der Waals surface area contributed by atoms with Crippen molar-refractivity contribution in [2.24, 2.45) is 0 Å². The SMILES string of the molecule is CCCCOc1ccc(Nc2ncnc(Oc3ccc(Cl)c(C)c3)c2[N+](=O)[O-])cc1. The Morgan fingerprint density at radius 1 is 1.13 bits per heavy atom. The lowest BCUT2D eigenvalue weighted by molar-refractivity contribution is -0.385. The molecule has 1 aromatic heterocycles. The van der Waals surface area contributed by atoms with Gasteiger partial charge in [-0.3, -0.25) is 10.1 Å². The van der Waals surface area contributed by atoms with E-state index in [9.17, 15) is 10.1 Å². The Labute approximate surface area is 179 Å². The smallest absolute Gasteiger partial charge is 0.373 e. The monoisotopic (exact) mass is 428 g/mol. The first-order valence-corrected chi connectivity index (χ1v) is 9.79. The number of benzene rings is 2. The molecule has 0 fully saturated rings. The molecule has 0 bridgehead atoms. The standard InChI is InChI=1S/C21H21ClN4O4/c1-3-4-11-29-16-7-5-15(6-8-16)25-20-19(26(27)28)21(24-13-23-20)30-17-9-10-18(22)14(2)12-17/h5-10,12-13H,3-4,11H2,1-2H3,(H,23,24,25). The van der Waals surface area contributed by atoms with Gasteiger partial charge in [-0.25, -0.2) is 4.98 Å². The molecule has 1 N–H and O–H groups in total. The van der Waals surface area contributed by atoms with E-state index in [1.165, 1.54) is 6.33 Å². The lowest BCUT2D eigenvalue weighted by Crippen LogP contribution is -2.03. The maximum Gasteiger partial charge on any atom is 0.373 e. The summed E-state index contributed by atoms with van der Waals surface area (Å²) in [5, 5.41) is 15.2. The van der Waals surface area contributed by atoms with Crippen molar-refractivity contribution < 1.29 is 14.4 Å². The summed E-state index contributed by atoms with van der Waals surface area (Å²) >= 11 is 6.02. The number of nitro groups is 1. The number of nitrogens with zero attached hydrogens (tertiary/aromatic N) is 3. The quantitative estimate of drug-likeness (QED) is 0.251. The summed E-state index contributed by atoms with van der Waals surface area (Å²) in [4.78, 5) is 19.1. The third-order valence-corrected chi connectivity index (χ3v) is 4.62. The number of aryl methyl sites for hydroxylation is 1. The van der Waals surface area contributed by atoms with Crippen LogP contribution >= 0.6 is 11.6 Å². The number of nitrogens with one attached hydrogen (secondary N) is 1. The minimum atomic E-state index is -0.581. The van der Waals surface area contributed by atoms with E-state index in [-0.39, 0.29) is 17.4 Å². The van der Waals surface area contributed by atoms with E-state index in [0.29, 0.717) is 23.1 Å². The normalized spacial score (nSPS) is 10.5. The fraction of sp³-hybridized carbons (Fsp3) is 0.238. The van der Waals surface area contributed by atoms with Gasteiger partial charge in [0.2, 0.25) is 5.82 Å². The molecule has 0 aliphatic rings. The summed E-state index contributed by atoms with van der Waals surface area (Å²) in [7, 11) is 0. The zero-order valence-corrected chi connectivity index (χ0v) is 17.3. The Bertz CT molecular complexity index is 1030. The molecule has 0 saturated heterocycles. The summed E-state index contributed by atoms with van der Waals surface area (Å²) in [6.45, 7) is 4.55. The van der Waals surface area contributed by atoms with Gasteiger partial charge < -0.3 is 14.8 Å². The summed E-state index contributed by atoms with van der Waals surface area (Å²) in [5.74, 6) is 0.973. The van der Waals surface area contributed by atoms with Crippen molar-refractivity contribution >= 4 is 28.8 Å². The Morgan fingerprint density at radius 2 is 1.87 bits per heavy atom. The Hall–Kier alpha value is -3.39. The van der Waals surface area contributed by atoms with Gasteiger partial charge in [-0.05, 0) is 61.4 Å². The second kappa shape index (κ2) is 9.89. The molecular weight excluding hydrogens is 408 g/mol. The third-order valence-electron chi connectivity index (χ3n) is 4.20. The zero-order valence-electron chi connectivity index (χ0n) is 16.6. The van der Waals surface area contributed by atoms with Crippen molar-refractivity contribution in [1.82, 2.24) is 9.97 Å². The fourth-order valence-corrected chi connectivity index (χ4v) is 2.71. The van der Waals surface area contributed by atoms with Crippen LogP contribution in [0.15, 0.2) is 48.8 Å². The van der Waals surface area contributed by atoms with Crippen LogP contribution in [0.4, 0.5) is 17.2 Å². The van der Waals surface area contributed by atoms with Crippen molar-refractivity contribution in [3.8, 4) is 17.4 Å². The second-order valence-electron chi connectivity index (χ2n) is 6.50. The van der Waals surface area contributed by atoms with Crippen molar-refractivity contribution in [1.29, 1.82) is 0 Å². The lowest BCUT2D eigenvalue weighted by atomic mass is 10.2. The molecule has 1 heterocycles. The molecule has 0 aliphatic carbocycles. The molecule has 30 heavy (non-hydrogen) atoms. The topological polar surface area (TPSA) is 99.4 Å². The second-order valence-corrected chi connectivity index (χ2v) is 6.90. The summed E-state index contributed by atoms with van der Waals surface area (Å²) in [6, 6.07) is 12.1. The molecule has 0 radical (unpaired) electrons. The maximum absolute atomic E-state index is 11.7. The number of ether oxygens (including phenoxy) is 2. The molecular formula is C21H21ClN4O4. The average Bonchev–Trinajstić information content (AvgIpc) is 2.72. The van der Waals surface area contributed by atoms with E-state index in [0.717, 1.165) is 24.2 Å². The number of rotatable bonds is 9. The van der Waals surface area contributed by atoms with Gasteiger partial charge in [0.1, 0.15) is 17.8 Å². The summed E-state index contributed by atoms with van der Waals surface area (Å²) in [6.07, 6.45) is 3.23. The molecule has 0 atom stereocenters. The predicted molar refractivity (Wildman–Crippen MR) is 115 cm³/mol. The first-order chi connectivity index (χ1) is 14.5. The zero-order chi connectivity index (χ0) is 21.5. The number of halogens is 1. The average molecular weight is 429 g/mol. The Morgan fingerprint density at radius 3 is 2.53 bits per heavy atom. The molecule has 9 heteroatoms. The highest BCUT2D eigenvalue weighted by molar-refractivity contribution is 6.31. The molecule has 0 unspecified atom stereocenters. The highest BCUT2D eigenvalue weighted by Gasteiger charge is 2.25. The van der Waals surface area contributed by atoms with E-state index in [2.05, 4.69) is 22.2 Å². The molecule has 8 nitrogen and oxygen atoms in total. The molecule has 2 aromatic carbocycles. The number of aromatic nitrogens is 2. The molecule has 0 aliphatic heterocycles. The van der Waals surface area contributed by atoms with Crippen LogP contribution in [-0.2, 0) is 0 Å². The maximum atomic E-state index is 11.7. The van der Waals surface area contributed by atoms with Gasteiger partial charge in [-0.15, -0.1) is 0 Å². The van der Waals surface area contributed by atoms with E-state index in [4.69, 9.17) is 21.1 Å². The van der Waals surface area contributed by atoms with E-state index < -0.39 is 4.92 Å². The van der Waals surface area contributed by atoms with E-state index in [1.54, 1.807) is 42.5 Å². The number of anilines is 2. The van der Waals surface area contributed by atoms with Gasteiger partial charge in [-0.2, -0.15) is 4.98 Å². The van der Waals surface area contributed by atoms with Crippen LogP contribution in [0, 0.1) is 17.0 Å². The van der Waals surface area contributed by atoms with Gasteiger partial charge in [0.25, 0.3) is 0 Å². The highest BCUT2D eigenvalue weighted by atomic mass is 35.5. The van der Waals surface area contributed by atoms with Gasteiger partial charge in [0, 0.05) is 10.7 Å². The van der Waals surface area contributed by atoms with Crippen molar-refractivity contribution in [3.63, 3.8) is 0 Å². The number of unbranched alkanes of at least 4 members (excludes halogenated alkanes) is 1. The van der Waals surface area contributed by atoms with Gasteiger partial charge in [0.15, 0.2) is 0 Å². The van der Waals surface area contributed by atoms with Crippen LogP contribution in [0.2, 0.25) is 5.02 Å². The largest absolute Gasteiger partial charge is 0.494 e. The van der Waals surface area contributed by atoms with Crippen LogP contribution in [-0.4, -0.2) is 21.5 Å². The molecule has 3 rings (SSSR count). The van der Waals surface area contributed by atoms with Crippen molar-refractivity contribution in [3.05, 3.63) is 69.5 Å². The van der Waals surface area contributed by atoms with Crippen LogP contribution in [0.1, 0.15) is 25.3 Å². The van der Waals surface area contributed by atoms with Gasteiger partial charge in [0.05, 0.1) is 11.5 Å². The number of hydrogen-bond acceptors (Lipinski definition) is 7. The summed E-state index contributed by atoms with van der Waals surface area (Å²) < 4.78 is 11.3. The van der Waals surface area contributed by atoms with Gasteiger partial charge >= 0.3 is 11.6 Å². The van der Waals surface area contributed by atoms with Crippen LogP contribution in [0.3, 0.4) is 0 Å². The fourth-order valence-electron chi connectivity index (χ4n) is 2.59. The first-order valence-electron chi connectivity index (χ1n) is 9.41. The minimum absolute atomic E-state index is 0.0235. The van der Waals surface area contributed by atoms with E-state index >= 15 is 0 Å². The van der Waals surface area contributed by atoms with E-state index in [1.807, 2.05) is 6.92 Å². The molecule has 156 valence electrons. The minimum Gasteiger partial charge on any atom is -0.494 e. The van der Waals surface area contributed by atoms with Crippen molar-refractivity contribution in [2.75, 3.05) is 11.9 Å². The Balaban J connectivity index is 1.82. The third kappa shape index (κ3) is 5.36. The highest BCUT2D eigenvalue weighted by Crippen LogP contribution is 2.36. The molecule has 0 saturated carbocycles. The predicted octanol–water partition coefficient (Wildman–Crippen LogP) is 6.06. The lowest BCUT2D eigenvalue weighted by Gasteiger charge is -2.11.